The van der Waals surface area contributed by atoms with E-state index in [-0.39, 0.29) is 11.3 Å². The van der Waals surface area contributed by atoms with Crippen LogP contribution in [0.25, 0.3) is 16.5 Å². The first kappa shape index (κ1) is 26.2. The van der Waals surface area contributed by atoms with E-state index < -0.39 is 17.7 Å². The molecule has 1 N–H and O–H groups in total. The fourth-order valence-electron chi connectivity index (χ4n) is 4.93. The number of carbonyl (C=O) groups is 2. The second-order valence-corrected chi connectivity index (χ2v) is 9.08. The summed E-state index contributed by atoms with van der Waals surface area (Å²) in [5, 5.41) is 13.3. The number of fused-ring (bicyclic) bond motifs is 1. The molecule has 1 saturated heterocycles. The van der Waals surface area contributed by atoms with Crippen molar-refractivity contribution in [1.29, 1.82) is 0 Å². The summed E-state index contributed by atoms with van der Waals surface area (Å²) >= 11 is 0. The summed E-state index contributed by atoms with van der Waals surface area (Å²) in [6, 6.07) is 17.7. The molecule has 0 spiro atoms. The lowest BCUT2D eigenvalue weighted by Crippen LogP contribution is -2.33. The molecule has 0 saturated carbocycles. The van der Waals surface area contributed by atoms with E-state index in [9.17, 15) is 14.7 Å². The molecule has 4 rings (SSSR count). The molecule has 1 atom stereocenters. The number of hydrogen-bond acceptors (Lipinski definition) is 6. The summed E-state index contributed by atoms with van der Waals surface area (Å²) in [7, 11) is 3.19. The Morgan fingerprint density at radius 1 is 0.919 bits per heavy atom. The minimum Gasteiger partial charge on any atom is -0.507 e. The van der Waals surface area contributed by atoms with E-state index in [0.29, 0.717) is 29.8 Å². The second-order valence-electron chi connectivity index (χ2n) is 9.08. The summed E-state index contributed by atoms with van der Waals surface area (Å²) in [6.07, 6.45) is 0.715. The van der Waals surface area contributed by atoms with Crippen LogP contribution in [0.4, 0.5) is 0 Å². The number of ether oxygens (including phenoxy) is 2. The molecule has 1 aliphatic rings. The van der Waals surface area contributed by atoms with E-state index in [1.165, 1.54) is 0 Å². The number of nitrogens with zero attached hydrogens (tertiary/aromatic N) is 2. The lowest BCUT2D eigenvalue weighted by atomic mass is 9.94. The highest BCUT2D eigenvalue weighted by Gasteiger charge is 2.45. The van der Waals surface area contributed by atoms with Gasteiger partial charge in [-0.25, -0.2) is 0 Å². The molecule has 1 amide bonds. The number of carbonyl (C=O) groups excluding carboxylic acids is 2. The Hall–Kier alpha value is -3.84. The third-order valence-corrected chi connectivity index (χ3v) is 7.04. The molecule has 3 aromatic rings. The lowest BCUT2D eigenvalue weighted by Gasteiger charge is -2.27. The van der Waals surface area contributed by atoms with Crippen LogP contribution in [-0.2, 0) is 9.59 Å². The number of aliphatic hydroxyl groups is 1. The first-order chi connectivity index (χ1) is 17.9. The minimum atomic E-state index is -0.710. The van der Waals surface area contributed by atoms with Crippen LogP contribution in [0.2, 0.25) is 0 Å². The number of amides is 1. The Morgan fingerprint density at radius 3 is 2.30 bits per heavy atom. The Balaban J connectivity index is 1.78. The maximum Gasteiger partial charge on any atom is 0.295 e. The molecule has 0 aliphatic carbocycles. The summed E-state index contributed by atoms with van der Waals surface area (Å²) in [4.78, 5) is 30.5. The molecular weight excluding hydrogens is 468 g/mol. The van der Waals surface area contributed by atoms with Crippen LogP contribution in [-0.4, -0.2) is 67.0 Å². The van der Waals surface area contributed by atoms with Gasteiger partial charge in [-0.3, -0.25) is 9.59 Å². The number of hydrogen-bond donors (Lipinski definition) is 1. The molecular formula is C30H34N2O5. The van der Waals surface area contributed by atoms with E-state index in [4.69, 9.17) is 9.47 Å². The predicted molar refractivity (Wildman–Crippen MR) is 145 cm³/mol. The quantitative estimate of drug-likeness (QED) is 0.239. The maximum atomic E-state index is 13.4. The Bertz CT molecular complexity index is 1330. The molecule has 1 aliphatic heterocycles. The molecule has 1 unspecified atom stereocenters. The molecule has 1 heterocycles. The zero-order valence-corrected chi connectivity index (χ0v) is 21.9. The number of rotatable bonds is 10. The Morgan fingerprint density at radius 2 is 1.59 bits per heavy atom. The van der Waals surface area contributed by atoms with Gasteiger partial charge in [0.05, 0.1) is 25.8 Å². The lowest BCUT2D eigenvalue weighted by molar-refractivity contribution is -0.140. The van der Waals surface area contributed by atoms with Gasteiger partial charge in [0.2, 0.25) is 0 Å². The second kappa shape index (κ2) is 11.5. The Kier molecular flexibility index (Phi) is 8.14. The van der Waals surface area contributed by atoms with Crippen molar-refractivity contribution in [1.82, 2.24) is 9.80 Å². The SMILES string of the molecule is CCN(CC)CCCN1C(=O)C(=O)/C(=C(/O)c2ccc3cc(OC)ccc3c2)C1c1cccc(OC)c1. The number of methoxy groups -OCH3 is 2. The van der Waals surface area contributed by atoms with E-state index in [2.05, 4.69) is 18.7 Å². The molecule has 7 heteroatoms. The molecule has 0 radical (unpaired) electrons. The van der Waals surface area contributed by atoms with Gasteiger partial charge in [-0.2, -0.15) is 0 Å². The molecule has 1 fully saturated rings. The normalized spacial score (nSPS) is 17.1. The third-order valence-electron chi connectivity index (χ3n) is 7.04. The van der Waals surface area contributed by atoms with Crippen LogP contribution in [0.15, 0.2) is 66.2 Å². The maximum absolute atomic E-state index is 13.4. The van der Waals surface area contributed by atoms with Crippen molar-refractivity contribution < 1.29 is 24.2 Å². The van der Waals surface area contributed by atoms with Crippen LogP contribution in [0.1, 0.15) is 37.4 Å². The van der Waals surface area contributed by atoms with Crippen molar-refractivity contribution in [2.75, 3.05) is 40.4 Å². The third kappa shape index (κ3) is 5.32. The van der Waals surface area contributed by atoms with E-state index in [1.807, 2.05) is 54.6 Å². The average Bonchev–Trinajstić information content (AvgIpc) is 3.19. The van der Waals surface area contributed by atoms with Crippen LogP contribution in [0.5, 0.6) is 11.5 Å². The monoisotopic (exact) mass is 502 g/mol. The van der Waals surface area contributed by atoms with Gasteiger partial charge in [-0.1, -0.05) is 44.2 Å². The first-order valence-electron chi connectivity index (χ1n) is 12.6. The van der Waals surface area contributed by atoms with E-state index >= 15 is 0 Å². The fraction of sp³-hybridized carbons (Fsp3) is 0.333. The van der Waals surface area contributed by atoms with E-state index in [1.54, 1.807) is 25.2 Å². The molecule has 194 valence electrons. The van der Waals surface area contributed by atoms with Crippen molar-refractivity contribution >= 4 is 28.2 Å². The van der Waals surface area contributed by atoms with Crippen molar-refractivity contribution in [3.63, 3.8) is 0 Å². The van der Waals surface area contributed by atoms with Crippen LogP contribution >= 0.6 is 0 Å². The number of Topliss-reactive ketones (excluding diaryl/α,β-unsaturated/α-hetero) is 1. The molecule has 7 nitrogen and oxygen atoms in total. The van der Waals surface area contributed by atoms with Gasteiger partial charge in [0.1, 0.15) is 17.3 Å². The molecule has 0 aromatic heterocycles. The van der Waals surface area contributed by atoms with Gasteiger partial charge in [0.25, 0.3) is 11.7 Å². The van der Waals surface area contributed by atoms with E-state index in [0.717, 1.165) is 36.2 Å². The van der Waals surface area contributed by atoms with Gasteiger partial charge in [0.15, 0.2) is 0 Å². The highest BCUT2D eigenvalue weighted by atomic mass is 16.5. The number of benzene rings is 3. The first-order valence-corrected chi connectivity index (χ1v) is 12.6. The summed E-state index contributed by atoms with van der Waals surface area (Å²) in [5.41, 5.74) is 1.29. The zero-order valence-electron chi connectivity index (χ0n) is 21.9. The van der Waals surface area contributed by atoms with Gasteiger partial charge in [-0.05, 0) is 72.7 Å². The predicted octanol–water partition coefficient (Wildman–Crippen LogP) is 5.01. The number of ketones is 1. The Labute approximate surface area is 217 Å². The van der Waals surface area contributed by atoms with Gasteiger partial charge >= 0.3 is 0 Å². The topological polar surface area (TPSA) is 79.3 Å². The van der Waals surface area contributed by atoms with Gasteiger partial charge in [-0.15, -0.1) is 0 Å². The standard InChI is InChI=1S/C30H34N2O5/c1-5-31(6-2)15-8-16-32-27(22-9-7-10-24(19-22)36-3)26(29(34)30(32)35)28(33)23-12-11-21-18-25(37-4)14-13-20(21)17-23/h7,9-14,17-19,27,33H,5-6,8,15-16H2,1-4H3/b28-26+. The van der Waals surface area contributed by atoms with Crippen molar-refractivity contribution in [3.05, 3.63) is 77.4 Å². The summed E-state index contributed by atoms with van der Waals surface area (Å²) in [6.45, 7) is 7.26. The summed E-state index contributed by atoms with van der Waals surface area (Å²) < 4.78 is 10.7. The van der Waals surface area contributed by atoms with Crippen molar-refractivity contribution in [2.45, 2.75) is 26.3 Å². The smallest absolute Gasteiger partial charge is 0.295 e. The molecule has 0 bridgehead atoms. The van der Waals surface area contributed by atoms with Crippen molar-refractivity contribution in [2.24, 2.45) is 0 Å². The molecule has 37 heavy (non-hydrogen) atoms. The van der Waals surface area contributed by atoms with Crippen LogP contribution in [0.3, 0.4) is 0 Å². The summed E-state index contributed by atoms with van der Waals surface area (Å²) in [5.74, 6) is -0.110. The number of aliphatic hydroxyl groups excluding tert-OH is 1. The molecule has 3 aromatic carbocycles. The zero-order chi connectivity index (χ0) is 26.5. The van der Waals surface area contributed by atoms with Gasteiger partial charge < -0.3 is 24.4 Å². The largest absolute Gasteiger partial charge is 0.507 e. The van der Waals surface area contributed by atoms with Crippen molar-refractivity contribution in [3.8, 4) is 11.5 Å². The highest BCUT2D eigenvalue weighted by Crippen LogP contribution is 2.40. The van der Waals surface area contributed by atoms with Gasteiger partial charge in [0, 0.05) is 12.1 Å². The highest BCUT2D eigenvalue weighted by molar-refractivity contribution is 6.46. The van der Waals surface area contributed by atoms with Crippen LogP contribution < -0.4 is 9.47 Å². The average molecular weight is 503 g/mol. The van der Waals surface area contributed by atoms with Crippen LogP contribution in [0, 0.1) is 0 Å². The number of likely N-dealkylation sites (tertiary alicyclic amines) is 1. The fourth-order valence-corrected chi connectivity index (χ4v) is 4.93. The minimum absolute atomic E-state index is 0.0916.